The maximum absolute atomic E-state index is 2.61. The quantitative estimate of drug-likeness (QED) is 0.624. The molecule has 2 rings (SSSR count). The molecule has 0 unspecified atom stereocenters. The van der Waals surface area contributed by atoms with Crippen LogP contribution in [0.4, 0.5) is 0 Å². The Kier molecular flexibility index (Phi) is 4.28. The van der Waals surface area contributed by atoms with Crippen molar-refractivity contribution in [1.82, 2.24) is 0 Å². The van der Waals surface area contributed by atoms with Crippen LogP contribution in [0.25, 0.3) is 0 Å². The zero-order valence-electron chi connectivity index (χ0n) is 12.0. The van der Waals surface area contributed by atoms with Gasteiger partial charge in [-0.2, -0.15) is 11.8 Å². The first-order valence-electron chi connectivity index (χ1n) is 7.29. The first kappa shape index (κ1) is 13.5. The van der Waals surface area contributed by atoms with Crippen LogP contribution in [0.15, 0.2) is 11.6 Å². The van der Waals surface area contributed by atoms with E-state index in [0.29, 0.717) is 5.41 Å². The van der Waals surface area contributed by atoms with Gasteiger partial charge in [-0.3, -0.25) is 0 Å². The normalized spacial score (nSPS) is 38.7. The van der Waals surface area contributed by atoms with Gasteiger partial charge in [-0.25, -0.2) is 0 Å². The third-order valence-corrected chi connectivity index (χ3v) is 6.04. The summed E-state index contributed by atoms with van der Waals surface area (Å²) >= 11 is 1.99. The molecule has 0 nitrogen and oxygen atoms in total. The second kappa shape index (κ2) is 5.38. The van der Waals surface area contributed by atoms with Crippen LogP contribution in [0.1, 0.15) is 52.9 Å². The average molecular weight is 252 g/mol. The molecular formula is C16H28S. The van der Waals surface area contributed by atoms with Crippen molar-refractivity contribution in [3.63, 3.8) is 0 Å². The van der Waals surface area contributed by atoms with Gasteiger partial charge in [0.25, 0.3) is 0 Å². The highest BCUT2D eigenvalue weighted by atomic mass is 32.2. The van der Waals surface area contributed by atoms with Gasteiger partial charge in [0.2, 0.25) is 0 Å². The van der Waals surface area contributed by atoms with Crippen LogP contribution < -0.4 is 0 Å². The van der Waals surface area contributed by atoms with Crippen molar-refractivity contribution in [1.29, 1.82) is 0 Å². The molecule has 0 aromatic heterocycles. The Morgan fingerprint density at radius 1 is 1.53 bits per heavy atom. The minimum atomic E-state index is 0.551. The third-order valence-electron chi connectivity index (χ3n) is 5.40. The lowest BCUT2D eigenvalue weighted by atomic mass is 9.60. The molecular weight excluding hydrogens is 224 g/mol. The van der Waals surface area contributed by atoms with Gasteiger partial charge in [-0.1, -0.05) is 45.3 Å². The summed E-state index contributed by atoms with van der Waals surface area (Å²) in [6, 6.07) is 0. The molecule has 4 atom stereocenters. The summed E-state index contributed by atoms with van der Waals surface area (Å²) in [6.07, 6.45) is 11.9. The highest BCUT2D eigenvalue weighted by molar-refractivity contribution is 7.98. The fourth-order valence-electron chi connectivity index (χ4n) is 4.36. The van der Waals surface area contributed by atoms with E-state index in [1.54, 1.807) is 0 Å². The van der Waals surface area contributed by atoms with Gasteiger partial charge in [-0.15, -0.1) is 0 Å². The van der Waals surface area contributed by atoms with Gasteiger partial charge in [0.15, 0.2) is 0 Å². The molecule has 2 aliphatic rings. The summed E-state index contributed by atoms with van der Waals surface area (Å²) in [5.41, 5.74) is 2.36. The summed E-state index contributed by atoms with van der Waals surface area (Å²) in [5.74, 6) is 4.01. The molecule has 17 heavy (non-hydrogen) atoms. The van der Waals surface area contributed by atoms with E-state index in [1.807, 2.05) is 17.3 Å². The van der Waals surface area contributed by atoms with Crippen molar-refractivity contribution in [2.24, 2.45) is 23.2 Å². The van der Waals surface area contributed by atoms with E-state index >= 15 is 0 Å². The lowest BCUT2D eigenvalue weighted by Gasteiger charge is -2.44. The Hall–Kier alpha value is 0.0900. The van der Waals surface area contributed by atoms with Crippen LogP contribution in [-0.4, -0.2) is 12.0 Å². The number of hydrogen-bond acceptors (Lipinski definition) is 1. The Balaban J connectivity index is 2.09. The molecule has 0 radical (unpaired) electrons. The van der Waals surface area contributed by atoms with E-state index < -0.39 is 0 Å². The summed E-state index contributed by atoms with van der Waals surface area (Å²) in [4.78, 5) is 0. The van der Waals surface area contributed by atoms with Gasteiger partial charge < -0.3 is 0 Å². The molecule has 0 aromatic rings. The highest BCUT2D eigenvalue weighted by Gasteiger charge is 2.46. The van der Waals surface area contributed by atoms with Crippen LogP contribution >= 0.6 is 11.8 Å². The van der Waals surface area contributed by atoms with Gasteiger partial charge in [-0.05, 0) is 54.4 Å². The van der Waals surface area contributed by atoms with Crippen LogP contribution in [0, 0.1) is 23.2 Å². The Morgan fingerprint density at radius 3 is 3.00 bits per heavy atom. The van der Waals surface area contributed by atoms with Crippen LogP contribution in [0.5, 0.6) is 0 Å². The molecule has 1 heteroatoms. The summed E-state index contributed by atoms with van der Waals surface area (Å²) in [7, 11) is 0. The first-order chi connectivity index (χ1) is 8.09. The Labute approximate surface area is 112 Å². The molecule has 0 aliphatic heterocycles. The van der Waals surface area contributed by atoms with Crippen LogP contribution in [0.3, 0.4) is 0 Å². The van der Waals surface area contributed by atoms with Crippen molar-refractivity contribution in [3.8, 4) is 0 Å². The standard InChI is InChI=1S/C16H28S/c1-12-6-5-10-16(3)14(12)7-8-15(16)13(2)9-11-17-4/h8,12-14H,5-7,9-11H2,1-4H3/t12-,13+,14-,16-/m0/s1. The van der Waals surface area contributed by atoms with Crippen molar-refractivity contribution < 1.29 is 0 Å². The number of rotatable bonds is 4. The molecule has 0 heterocycles. The fraction of sp³-hybridized carbons (Fsp3) is 0.875. The Bertz CT molecular complexity index is 294. The van der Waals surface area contributed by atoms with E-state index in [0.717, 1.165) is 17.8 Å². The van der Waals surface area contributed by atoms with Gasteiger partial charge in [0.1, 0.15) is 0 Å². The molecule has 0 amide bonds. The van der Waals surface area contributed by atoms with Gasteiger partial charge >= 0.3 is 0 Å². The molecule has 2 aliphatic carbocycles. The van der Waals surface area contributed by atoms with E-state index in [9.17, 15) is 0 Å². The van der Waals surface area contributed by atoms with E-state index in [1.165, 1.54) is 37.9 Å². The number of allylic oxidation sites excluding steroid dienone is 2. The third kappa shape index (κ3) is 2.45. The van der Waals surface area contributed by atoms with Crippen LogP contribution in [0.2, 0.25) is 0 Å². The van der Waals surface area contributed by atoms with Crippen LogP contribution in [-0.2, 0) is 0 Å². The summed E-state index contributed by atoms with van der Waals surface area (Å²) < 4.78 is 0. The predicted molar refractivity (Wildman–Crippen MR) is 79.5 cm³/mol. The van der Waals surface area contributed by atoms with E-state index in [2.05, 4.69) is 33.1 Å². The van der Waals surface area contributed by atoms with Gasteiger partial charge in [0, 0.05) is 0 Å². The maximum Gasteiger partial charge on any atom is -0.00647 e. The zero-order valence-corrected chi connectivity index (χ0v) is 12.8. The van der Waals surface area contributed by atoms with Gasteiger partial charge in [0.05, 0.1) is 0 Å². The molecule has 98 valence electrons. The topological polar surface area (TPSA) is 0 Å². The van der Waals surface area contributed by atoms with Crippen molar-refractivity contribution >= 4 is 11.8 Å². The smallest absolute Gasteiger partial charge is 0.00647 e. The van der Waals surface area contributed by atoms with Crippen molar-refractivity contribution in [2.45, 2.75) is 52.9 Å². The molecule has 0 N–H and O–H groups in total. The minimum Gasteiger partial charge on any atom is -0.165 e. The summed E-state index contributed by atoms with van der Waals surface area (Å²) in [6.45, 7) is 7.49. The number of fused-ring (bicyclic) bond motifs is 1. The molecule has 1 fully saturated rings. The van der Waals surface area contributed by atoms with E-state index in [4.69, 9.17) is 0 Å². The largest absolute Gasteiger partial charge is 0.165 e. The monoisotopic (exact) mass is 252 g/mol. The molecule has 0 bridgehead atoms. The highest BCUT2D eigenvalue weighted by Crippen LogP contribution is 2.56. The lowest BCUT2D eigenvalue weighted by Crippen LogP contribution is -2.35. The molecule has 0 spiro atoms. The predicted octanol–water partition coefficient (Wildman–Crippen LogP) is 5.15. The van der Waals surface area contributed by atoms with E-state index in [-0.39, 0.29) is 0 Å². The second-order valence-corrected chi connectivity index (χ2v) is 7.46. The SMILES string of the molecule is CSCC[C@@H](C)C1=CC[C@H]2[C@@H](C)CCC[C@]12C. The lowest BCUT2D eigenvalue weighted by molar-refractivity contribution is 0.110. The number of hydrogen-bond donors (Lipinski definition) is 0. The number of thioether (sulfide) groups is 1. The first-order valence-corrected chi connectivity index (χ1v) is 8.68. The molecule has 1 saturated carbocycles. The van der Waals surface area contributed by atoms with Crippen molar-refractivity contribution in [3.05, 3.63) is 11.6 Å². The maximum atomic E-state index is 2.61. The van der Waals surface area contributed by atoms with Crippen molar-refractivity contribution in [2.75, 3.05) is 12.0 Å². The molecule has 0 aromatic carbocycles. The minimum absolute atomic E-state index is 0.551. The average Bonchev–Trinajstić information content (AvgIpc) is 2.64. The fourth-order valence-corrected chi connectivity index (χ4v) is 4.95. The molecule has 0 saturated heterocycles. The summed E-state index contributed by atoms with van der Waals surface area (Å²) in [5, 5.41) is 0. The second-order valence-electron chi connectivity index (χ2n) is 6.47. The zero-order chi connectivity index (χ0) is 12.5. The Morgan fingerprint density at radius 2 is 2.29 bits per heavy atom.